The second kappa shape index (κ2) is 4.98. The molecule has 0 radical (unpaired) electrons. The Morgan fingerprint density at radius 3 is 2.42 bits per heavy atom. The van der Waals surface area contributed by atoms with Crippen LogP contribution >= 0.6 is 0 Å². The van der Waals surface area contributed by atoms with Crippen LogP contribution in [-0.2, 0) is 0 Å². The normalized spacial score (nSPS) is 10.4. The highest BCUT2D eigenvalue weighted by molar-refractivity contribution is 5.66. The van der Waals surface area contributed by atoms with Gasteiger partial charge in [0, 0.05) is 11.8 Å². The van der Waals surface area contributed by atoms with Crippen molar-refractivity contribution < 1.29 is 4.74 Å². The van der Waals surface area contributed by atoms with E-state index in [-0.39, 0.29) is 0 Å². The van der Waals surface area contributed by atoms with E-state index in [4.69, 9.17) is 4.74 Å². The molecule has 0 N–H and O–H groups in total. The fourth-order valence-electron chi connectivity index (χ4n) is 2.05. The SMILES string of the molecule is COc1ccccc1-c1ccn(-c2ccccc2)n1. The second-order valence-corrected chi connectivity index (χ2v) is 4.18. The van der Waals surface area contributed by atoms with Crippen molar-refractivity contribution in [2.45, 2.75) is 0 Å². The molecule has 1 aromatic heterocycles. The van der Waals surface area contributed by atoms with Gasteiger partial charge in [-0.05, 0) is 30.3 Å². The Morgan fingerprint density at radius 2 is 1.63 bits per heavy atom. The van der Waals surface area contributed by atoms with Crippen LogP contribution in [0.25, 0.3) is 16.9 Å². The van der Waals surface area contributed by atoms with Crippen molar-refractivity contribution in [2.75, 3.05) is 7.11 Å². The van der Waals surface area contributed by atoms with Gasteiger partial charge >= 0.3 is 0 Å². The van der Waals surface area contributed by atoms with Gasteiger partial charge in [-0.1, -0.05) is 30.3 Å². The first kappa shape index (κ1) is 11.5. The van der Waals surface area contributed by atoms with Gasteiger partial charge in [-0.15, -0.1) is 0 Å². The Morgan fingerprint density at radius 1 is 0.895 bits per heavy atom. The monoisotopic (exact) mass is 250 g/mol. The summed E-state index contributed by atoms with van der Waals surface area (Å²) < 4.78 is 7.23. The molecule has 0 unspecified atom stereocenters. The molecule has 19 heavy (non-hydrogen) atoms. The van der Waals surface area contributed by atoms with Crippen LogP contribution in [0.4, 0.5) is 0 Å². The van der Waals surface area contributed by atoms with E-state index in [9.17, 15) is 0 Å². The lowest BCUT2D eigenvalue weighted by atomic mass is 10.1. The summed E-state index contributed by atoms with van der Waals surface area (Å²) in [5.41, 5.74) is 2.95. The van der Waals surface area contributed by atoms with E-state index in [0.29, 0.717) is 0 Å². The summed E-state index contributed by atoms with van der Waals surface area (Å²) in [5.74, 6) is 0.834. The van der Waals surface area contributed by atoms with Crippen LogP contribution in [0.5, 0.6) is 5.75 Å². The number of hydrogen-bond acceptors (Lipinski definition) is 2. The largest absolute Gasteiger partial charge is 0.496 e. The lowest BCUT2D eigenvalue weighted by Crippen LogP contribution is -1.94. The number of rotatable bonds is 3. The Labute approximate surface area is 112 Å². The van der Waals surface area contributed by atoms with Crippen molar-refractivity contribution in [1.82, 2.24) is 9.78 Å². The topological polar surface area (TPSA) is 27.1 Å². The van der Waals surface area contributed by atoms with Gasteiger partial charge in [-0.2, -0.15) is 5.10 Å². The second-order valence-electron chi connectivity index (χ2n) is 4.18. The van der Waals surface area contributed by atoms with Gasteiger partial charge in [0.15, 0.2) is 0 Å². The number of benzene rings is 2. The maximum absolute atomic E-state index is 5.37. The van der Waals surface area contributed by atoms with Crippen LogP contribution in [0, 0.1) is 0 Å². The van der Waals surface area contributed by atoms with Crippen molar-refractivity contribution in [2.24, 2.45) is 0 Å². The quantitative estimate of drug-likeness (QED) is 0.710. The predicted octanol–water partition coefficient (Wildman–Crippen LogP) is 3.55. The minimum Gasteiger partial charge on any atom is -0.496 e. The number of aromatic nitrogens is 2. The number of para-hydroxylation sites is 2. The van der Waals surface area contributed by atoms with Crippen molar-refractivity contribution in [3.05, 3.63) is 66.9 Å². The fourth-order valence-corrected chi connectivity index (χ4v) is 2.05. The molecule has 3 aromatic rings. The maximum atomic E-state index is 5.37. The molecule has 94 valence electrons. The summed E-state index contributed by atoms with van der Waals surface area (Å²) in [6.45, 7) is 0. The van der Waals surface area contributed by atoms with Crippen molar-refractivity contribution in [3.63, 3.8) is 0 Å². The molecule has 3 heteroatoms. The molecule has 2 aromatic carbocycles. The van der Waals surface area contributed by atoms with E-state index in [0.717, 1.165) is 22.7 Å². The maximum Gasteiger partial charge on any atom is 0.128 e. The van der Waals surface area contributed by atoms with E-state index < -0.39 is 0 Å². The lowest BCUT2D eigenvalue weighted by molar-refractivity contribution is 0.416. The van der Waals surface area contributed by atoms with E-state index in [2.05, 4.69) is 5.10 Å². The van der Waals surface area contributed by atoms with E-state index in [1.165, 1.54) is 0 Å². The Balaban J connectivity index is 2.02. The summed E-state index contributed by atoms with van der Waals surface area (Å²) >= 11 is 0. The van der Waals surface area contributed by atoms with E-state index in [1.54, 1.807) is 7.11 Å². The molecule has 3 rings (SSSR count). The van der Waals surface area contributed by atoms with Gasteiger partial charge < -0.3 is 4.74 Å². The molecule has 0 fully saturated rings. The first-order chi connectivity index (χ1) is 9.38. The fraction of sp³-hybridized carbons (Fsp3) is 0.0625. The molecular weight excluding hydrogens is 236 g/mol. The molecule has 1 heterocycles. The van der Waals surface area contributed by atoms with Gasteiger partial charge in [0.2, 0.25) is 0 Å². The summed E-state index contributed by atoms with van der Waals surface area (Å²) in [4.78, 5) is 0. The molecular formula is C16H14N2O. The van der Waals surface area contributed by atoms with Crippen LogP contribution in [0.1, 0.15) is 0 Å². The third kappa shape index (κ3) is 2.22. The molecule has 0 saturated heterocycles. The van der Waals surface area contributed by atoms with E-state index >= 15 is 0 Å². The zero-order valence-corrected chi connectivity index (χ0v) is 10.7. The van der Waals surface area contributed by atoms with Crippen LogP contribution in [0.2, 0.25) is 0 Å². The molecule has 3 nitrogen and oxygen atoms in total. The molecule has 0 aliphatic carbocycles. The zero-order valence-electron chi connectivity index (χ0n) is 10.7. The zero-order chi connectivity index (χ0) is 13.1. The van der Waals surface area contributed by atoms with Crippen molar-refractivity contribution in [1.29, 1.82) is 0 Å². The highest BCUT2D eigenvalue weighted by atomic mass is 16.5. The number of hydrogen-bond donors (Lipinski definition) is 0. The predicted molar refractivity (Wildman–Crippen MR) is 75.6 cm³/mol. The number of nitrogens with zero attached hydrogens (tertiary/aromatic N) is 2. The summed E-state index contributed by atoms with van der Waals surface area (Å²) in [5, 5.41) is 4.60. The van der Waals surface area contributed by atoms with E-state index in [1.807, 2.05) is 71.5 Å². The molecule has 0 atom stereocenters. The van der Waals surface area contributed by atoms with Gasteiger partial charge in [-0.25, -0.2) is 4.68 Å². The highest BCUT2D eigenvalue weighted by Gasteiger charge is 2.08. The number of ether oxygens (including phenoxy) is 1. The average Bonchev–Trinajstić information content (AvgIpc) is 2.98. The molecule has 0 amide bonds. The molecule has 0 aliphatic rings. The molecule has 0 saturated carbocycles. The lowest BCUT2D eigenvalue weighted by Gasteiger charge is -2.05. The number of methoxy groups -OCH3 is 1. The first-order valence-corrected chi connectivity index (χ1v) is 6.13. The van der Waals surface area contributed by atoms with Gasteiger partial charge in [0.05, 0.1) is 18.5 Å². The summed E-state index contributed by atoms with van der Waals surface area (Å²) in [6.07, 6.45) is 1.96. The molecule has 0 aliphatic heterocycles. The third-order valence-electron chi connectivity index (χ3n) is 2.99. The van der Waals surface area contributed by atoms with Gasteiger partial charge in [-0.3, -0.25) is 0 Å². The minimum absolute atomic E-state index is 0.834. The van der Waals surface area contributed by atoms with Crippen LogP contribution in [-0.4, -0.2) is 16.9 Å². The smallest absolute Gasteiger partial charge is 0.128 e. The Kier molecular flexibility index (Phi) is 3.02. The standard InChI is InChI=1S/C16H14N2O/c1-19-16-10-6-5-9-14(16)15-11-12-18(17-15)13-7-3-2-4-8-13/h2-12H,1H3. The van der Waals surface area contributed by atoms with Crippen molar-refractivity contribution in [3.8, 4) is 22.7 Å². The molecule has 0 bridgehead atoms. The van der Waals surface area contributed by atoms with Crippen LogP contribution in [0.3, 0.4) is 0 Å². The first-order valence-electron chi connectivity index (χ1n) is 6.13. The summed E-state index contributed by atoms with van der Waals surface area (Å²) in [7, 11) is 1.67. The Bertz CT molecular complexity index is 674. The van der Waals surface area contributed by atoms with Crippen LogP contribution < -0.4 is 4.74 Å². The van der Waals surface area contributed by atoms with Crippen LogP contribution in [0.15, 0.2) is 66.9 Å². The summed E-state index contributed by atoms with van der Waals surface area (Å²) in [6, 6.07) is 19.9. The highest BCUT2D eigenvalue weighted by Crippen LogP contribution is 2.28. The van der Waals surface area contributed by atoms with Gasteiger partial charge in [0.25, 0.3) is 0 Å². The minimum atomic E-state index is 0.834. The molecule has 0 spiro atoms. The average molecular weight is 250 g/mol. The van der Waals surface area contributed by atoms with Gasteiger partial charge in [0.1, 0.15) is 5.75 Å². The van der Waals surface area contributed by atoms with Crippen molar-refractivity contribution >= 4 is 0 Å². The Hall–Kier alpha value is -2.55. The third-order valence-corrected chi connectivity index (χ3v) is 2.99.